The second kappa shape index (κ2) is 9.48. The molecule has 3 rings (SSSR count). The number of likely N-dealkylation sites (tertiary alicyclic amines) is 1. The molecule has 6 heteroatoms. The van der Waals surface area contributed by atoms with Crippen LogP contribution in [0.5, 0.6) is 11.5 Å². The predicted octanol–water partition coefficient (Wildman–Crippen LogP) is 4.32. The maximum absolute atomic E-state index is 12.9. The summed E-state index contributed by atoms with van der Waals surface area (Å²) in [6.07, 6.45) is 0.698. The third kappa shape index (κ3) is 4.17. The van der Waals surface area contributed by atoms with E-state index in [0.717, 1.165) is 5.56 Å². The SMILES string of the molecule is CCCN1C(=O)C(=O)/C(=C(\O)c2ccc(OCC)cc2)C1c1ccc(OCC)cc1. The van der Waals surface area contributed by atoms with Crippen LogP contribution in [0.4, 0.5) is 0 Å². The highest BCUT2D eigenvalue weighted by atomic mass is 16.5. The first kappa shape index (κ1) is 21.4. The van der Waals surface area contributed by atoms with Gasteiger partial charge in [0, 0.05) is 12.1 Å². The molecule has 1 N–H and O–H groups in total. The number of amides is 1. The van der Waals surface area contributed by atoms with Crippen LogP contribution >= 0.6 is 0 Å². The van der Waals surface area contributed by atoms with E-state index in [0.29, 0.717) is 43.2 Å². The molecule has 1 saturated heterocycles. The van der Waals surface area contributed by atoms with Gasteiger partial charge in [0.1, 0.15) is 17.3 Å². The van der Waals surface area contributed by atoms with Crippen LogP contribution in [0.15, 0.2) is 54.1 Å². The minimum atomic E-state index is -0.672. The van der Waals surface area contributed by atoms with Crippen LogP contribution < -0.4 is 9.47 Å². The van der Waals surface area contributed by atoms with Gasteiger partial charge in [-0.25, -0.2) is 0 Å². The summed E-state index contributed by atoms with van der Waals surface area (Å²) in [5.41, 5.74) is 1.31. The molecule has 158 valence electrons. The minimum Gasteiger partial charge on any atom is -0.507 e. The van der Waals surface area contributed by atoms with Gasteiger partial charge in [0.25, 0.3) is 11.7 Å². The fourth-order valence-electron chi connectivity index (χ4n) is 3.64. The first-order valence-electron chi connectivity index (χ1n) is 10.3. The number of hydrogen-bond donors (Lipinski definition) is 1. The van der Waals surface area contributed by atoms with Crippen molar-refractivity contribution in [3.05, 3.63) is 65.2 Å². The molecule has 0 bridgehead atoms. The quantitative estimate of drug-likeness (QED) is 0.399. The van der Waals surface area contributed by atoms with E-state index in [-0.39, 0.29) is 11.3 Å². The van der Waals surface area contributed by atoms with Crippen molar-refractivity contribution in [2.24, 2.45) is 0 Å². The maximum atomic E-state index is 12.9. The summed E-state index contributed by atoms with van der Waals surface area (Å²) in [6.45, 7) is 7.24. The molecule has 0 aromatic heterocycles. The van der Waals surface area contributed by atoms with Crippen LogP contribution in [0.3, 0.4) is 0 Å². The van der Waals surface area contributed by atoms with Gasteiger partial charge in [0.15, 0.2) is 0 Å². The Hall–Kier alpha value is -3.28. The number of nitrogens with zero attached hydrogens (tertiary/aromatic N) is 1. The average molecular weight is 409 g/mol. The highest BCUT2D eigenvalue weighted by molar-refractivity contribution is 6.46. The summed E-state index contributed by atoms with van der Waals surface area (Å²) in [6, 6.07) is 13.5. The van der Waals surface area contributed by atoms with Crippen LogP contribution in [0, 0.1) is 0 Å². The van der Waals surface area contributed by atoms with Crippen LogP contribution in [0.1, 0.15) is 44.4 Å². The van der Waals surface area contributed by atoms with Gasteiger partial charge in [-0.1, -0.05) is 19.1 Å². The van der Waals surface area contributed by atoms with Crippen molar-refractivity contribution in [2.45, 2.75) is 33.2 Å². The van der Waals surface area contributed by atoms with E-state index in [1.807, 2.05) is 45.0 Å². The summed E-state index contributed by atoms with van der Waals surface area (Å²) >= 11 is 0. The van der Waals surface area contributed by atoms with Crippen molar-refractivity contribution in [3.63, 3.8) is 0 Å². The first-order valence-corrected chi connectivity index (χ1v) is 10.3. The smallest absolute Gasteiger partial charge is 0.295 e. The molecular weight excluding hydrogens is 382 g/mol. The number of aliphatic hydroxyl groups is 1. The van der Waals surface area contributed by atoms with E-state index in [1.54, 1.807) is 24.3 Å². The van der Waals surface area contributed by atoms with E-state index in [2.05, 4.69) is 0 Å². The Labute approximate surface area is 176 Å². The lowest BCUT2D eigenvalue weighted by atomic mass is 9.95. The molecule has 1 fully saturated rings. The van der Waals surface area contributed by atoms with Crippen molar-refractivity contribution in [3.8, 4) is 11.5 Å². The summed E-state index contributed by atoms with van der Waals surface area (Å²) in [5, 5.41) is 11.0. The number of carbonyl (C=O) groups is 2. The molecule has 1 unspecified atom stereocenters. The van der Waals surface area contributed by atoms with Crippen molar-refractivity contribution in [1.29, 1.82) is 0 Å². The Morgan fingerprint density at radius 1 is 0.900 bits per heavy atom. The van der Waals surface area contributed by atoms with E-state index >= 15 is 0 Å². The zero-order valence-electron chi connectivity index (χ0n) is 17.6. The Balaban J connectivity index is 2.07. The van der Waals surface area contributed by atoms with Crippen molar-refractivity contribution in [1.82, 2.24) is 4.90 Å². The largest absolute Gasteiger partial charge is 0.507 e. The number of benzene rings is 2. The Morgan fingerprint density at radius 2 is 1.43 bits per heavy atom. The van der Waals surface area contributed by atoms with Gasteiger partial charge >= 0.3 is 0 Å². The molecule has 2 aromatic carbocycles. The fraction of sp³-hybridized carbons (Fsp3) is 0.333. The molecular formula is C24H27NO5. The molecule has 30 heavy (non-hydrogen) atoms. The summed E-state index contributed by atoms with van der Waals surface area (Å²) < 4.78 is 10.9. The number of hydrogen-bond acceptors (Lipinski definition) is 5. The van der Waals surface area contributed by atoms with E-state index in [1.165, 1.54) is 4.90 Å². The second-order valence-corrected chi connectivity index (χ2v) is 6.95. The first-order chi connectivity index (χ1) is 14.5. The van der Waals surface area contributed by atoms with Crippen LogP contribution in [-0.2, 0) is 9.59 Å². The second-order valence-electron chi connectivity index (χ2n) is 6.95. The Morgan fingerprint density at radius 3 is 1.93 bits per heavy atom. The normalized spacial score (nSPS) is 18.0. The zero-order valence-corrected chi connectivity index (χ0v) is 17.6. The standard InChI is InChI=1S/C24H27NO5/c1-4-15-25-21(16-7-11-18(12-8-16)29-5-2)20(23(27)24(25)28)22(26)17-9-13-19(14-10-17)30-6-3/h7-14,21,26H,4-6,15H2,1-3H3/b22-20-. The number of carbonyl (C=O) groups excluding carboxylic acids is 2. The molecule has 1 atom stereocenters. The van der Waals surface area contributed by atoms with Crippen molar-refractivity contribution < 1.29 is 24.2 Å². The molecule has 2 aromatic rings. The summed E-state index contributed by atoms with van der Waals surface area (Å²) in [5.74, 6) is -0.0745. The lowest BCUT2D eigenvalue weighted by Crippen LogP contribution is -2.30. The highest BCUT2D eigenvalue weighted by Crippen LogP contribution is 2.40. The molecule has 6 nitrogen and oxygen atoms in total. The van der Waals surface area contributed by atoms with Crippen LogP contribution in [-0.4, -0.2) is 41.5 Å². The maximum Gasteiger partial charge on any atom is 0.295 e. The Kier molecular flexibility index (Phi) is 6.77. The molecule has 1 aliphatic rings. The highest BCUT2D eigenvalue weighted by Gasteiger charge is 2.45. The number of ether oxygens (including phenoxy) is 2. The molecule has 1 amide bonds. The van der Waals surface area contributed by atoms with Gasteiger partial charge in [-0.2, -0.15) is 0 Å². The van der Waals surface area contributed by atoms with Crippen LogP contribution in [0.2, 0.25) is 0 Å². The fourth-order valence-corrected chi connectivity index (χ4v) is 3.64. The van der Waals surface area contributed by atoms with Gasteiger partial charge in [-0.3, -0.25) is 9.59 Å². The minimum absolute atomic E-state index is 0.0989. The van der Waals surface area contributed by atoms with E-state index in [9.17, 15) is 14.7 Å². The predicted molar refractivity (Wildman–Crippen MR) is 115 cm³/mol. The lowest BCUT2D eigenvalue weighted by Gasteiger charge is -2.25. The van der Waals surface area contributed by atoms with E-state index < -0.39 is 17.7 Å². The topological polar surface area (TPSA) is 76.1 Å². The van der Waals surface area contributed by atoms with E-state index in [4.69, 9.17) is 9.47 Å². The Bertz CT molecular complexity index is 931. The summed E-state index contributed by atoms with van der Waals surface area (Å²) in [7, 11) is 0. The van der Waals surface area contributed by atoms with Gasteiger partial charge in [0.05, 0.1) is 24.8 Å². The number of ketones is 1. The zero-order chi connectivity index (χ0) is 21.7. The monoisotopic (exact) mass is 409 g/mol. The molecule has 0 saturated carbocycles. The van der Waals surface area contributed by atoms with Gasteiger partial charge in [0.2, 0.25) is 0 Å². The average Bonchev–Trinajstić information content (AvgIpc) is 3.00. The van der Waals surface area contributed by atoms with Gasteiger partial charge in [-0.05, 0) is 62.2 Å². The van der Waals surface area contributed by atoms with Crippen LogP contribution in [0.25, 0.3) is 5.76 Å². The number of rotatable bonds is 8. The number of Topliss-reactive ketones (excluding diaryl/α,β-unsaturated/α-hetero) is 1. The molecule has 0 aliphatic carbocycles. The number of aliphatic hydroxyl groups excluding tert-OH is 1. The third-order valence-electron chi connectivity index (χ3n) is 4.95. The van der Waals surface area contributed by atoms with Gasteiger partial charge in [-0.15, -0.1) is 0 Å². The molecule has 1 heterocycles. The van der Waals surface area contributed by atoms with Crippen molar-refractivity contribution in [2.75, 3.05) is 19.8 Å². The van der Waals surface area contributed by atoms with Gasteiger partial charge < -0.3 is 19.5 Å². The van der Waals surface area contributed by atoms with Crippen molar-refractivity contribution >= 4 is 17.4 Å². The molecule has 1 aliphatic heterocycles. The summed E-state index contributed by atoms with van der Waals surface area (Å²) in [4.78, 5) is 27.1. The molecule has 0 spiro atoms. The lowest BCUT2D eigenvalue weighted by molar-refractivity contribution is -0.139. The molecule has 0 radical (unpaired) electrons. The third-order valence-corrected chi connectivity index (χ3v) is 4.95.